The molecule has 1 heterocycles. The first kappa shape index (κ1) is 28.5. The molecule has 2 aromatic rings. The number of hydrogen-bond acceptors (Lipinski definition) is 6. The molecule has 2 aliphatic carbocycles. The normalized spacial score (nSPS) is 27.7. The first-order valence-corrected chi connectivity index (χ1v) is 15.1. The van der Waals surface area contributed by atoms with Crippen LogP contribution in [0, 0.1) is 29.5 Å². The van der Waals surface area contributed by atoms with E-state index in [9.17, 15) is 18.0 Å². The maximum atomic E-state index is 15.1. The monoisotopic (exact) mass is 572 g/mol. The minimum Gasteiger partial charge on any atom is -0.444 e. The zero-order chi connectivity index (χ0) is 29.1. The molecule has 5 rings (SSSR count). The molecule has 2 bridgehead atoms. The fraction of sp³-hybridized carbons (Fsp3) is 0.517. The fourth-order valence-corrected chi connectivity index (χ4v) is 7.46. The molecular formula is C29H37FN4O5S. The third-order valence-electron chi connectivity index (χ3n) is 8.49. The van der Waals surface area contributed by atoms with Gasteiger partial charge in [0.05, 0.1) is 11.1 Å². The van der Waals surface area contributed by atoms with Gasteiger partial charge in [-0.25, -0.2) is 22.3 Å². The van der Waals surface area contributed by atoms with Gasteiger partial charge < -0.3 is 15.8 Å². The van der Waals surface area contributed by atoms with Gasteiger partial charge in [-0.3, -0.25) is 9.69 Å². The Balaban J connectivity index is 1.26. The number of nitrogens with two attached hydrogens (primary N) is 1. The number of nitrogens with one attached hydrogen (secondary N) is 2. The quantitative estimate of drug-likeness (QED) is 0.437. The highest BCUT2D eigenvalue weighted by molar-refractivity contribution is 7.89. The fourth-order valence-electron chi connectivity index (χ4n) is 6.73. The van der Waals surface area contributed by atoms with E-state index in [2.05, 4.69) is 17.0 Å². The van der Waals surface area contributed by atoms with Crippen LogP contribution in [0.4, 0.5) is 9.18 Å². The number of likely N-dealkylation sites (tertiary alicyclic amines) is 1. The predicted molar refractivity (Wildman–Crippen MR) is 148 cm³/mol. The lowest BCUT2D eigenvalue weighted by molar-refractivity contribution is -0.128. The van der Waals surface area contributed by atoms with Gasteiger partial charge in [-0.05, 0) is 92.8 Å². The zero-order valence-electron chi connectivity index (χ0n) is 23.3. The Hall–Kier alpha value is -3.02. The van der Waals surface area contributed by atoms with Crippen molar-refractivity contribution in [1.29, 1.82) is 0 Å². The van der Waals surface area contributed by atoms with Crippen LogP contribution in [0.25, 0.3) is 11.1 Å². The summed E-state index contributed by atoms with van der Waals surface area (Å²) in [5.74, 6) is 0.544. The maximum absolute atomic E-state index is 15.1. The first-order chi connectivity index (χ1) is 18.7. The number of amides is 2. The molecule has 0 spiro atoms. The molecule has 1 aliphatic heterocycles. The highest BCUT2D eigenvalue weighted by Gasteiger charge is 2.71. The summed E-state index contributed by atoms with van der Waals surface area (Å²) >= 11 is 0. The number of sulfonamides is 1. The number of carbonyl (C=O) groups excluding carboxylic acids is 2. The zero-order valence-corrected chi connectivity index (χ0v) is 24.2. The second kappa shape index (κ2) is 10.1. The van der Waals surface area contributed by atoms with Crippen molar-refractivity contribution in [3.63, 3.8) is 0 Å². The summed E-state index contributed by atoms with van der Waals surface area (Å²) in [6, 6.07) is 10.2. The highest BCUT2D eigenvalue weighted by Crippen LogP contribution is 2.67. The number of hydrogen-bond donors (Lipinski definition) is 3. The summed E-state index contributed by atoms with van der Waals surface area (Å²) in [4.78, 5) is 28.3. The van der Waals surface area contributed by atoms with Crippen LogP contribution in [0.3, 0.4) is 0 Å². The van der Waals surface area contributed by atoms with Crippen LogP contribution in [-0.2, 0) is 26.0 Å². The molecule has 0 radical (unpaired) electrons. The van der Waals surface area contributed by atoms with E-state index < -0.39 is 39.7 Å². The van der Waals surface area contributed by atoms with E-state index in [0.29, 0.717) is 34.4 Å². The van der Waals surface area contributed by atoms with Gasteiger partial charge in [0, 0.05) is 12.5 Å². The van der Waals surface area contributed by atoms with Gasteiger partial charge >= 0.3 is 6.09 Å². The lowest BCUT2D eigenvalue weighted by Gasteiger charge is -2.35. The van der Waals surface area contributed by atoms with Crippen molar-refractivity contribution in [2.75, 3.05) is 7.05 Å². The van der Waals surface area contributed by atoms with Crippen molar-refractivity contribution in [3.05, 3.63) is 53.8 Å². The predicted octanol–water partition coefficient (Wildman–Crippen LogP) is 3.23. The van der Waals surface area contributed by atoms with Gasteiger partial charge in [0.1, 0.15) is 17.5 Å². The van der Waals surface area contributed by atoms with Gasteiger partial charge in [0.2, 0.25) is 15.9 Å². The molecule has 7 atom stereocenters. The lowest BCUT2D eigenvalue weighted by atomic mass is 9.94. The third kappa shape index (κ3) is 5.22. The van der Waals surface area contributed by atoms with Crippen LogP contribution >= 0.6 is 0 Å². The molecule has 40 heavy (non-hydrogen) atoms. The number of ether oxygens (including phenoxy) is 1. The van der Waals surface area contributed by atoms with Crippen LogP contribution in [0.5, 0.6) is 0 Å². The number of fused-ring (bicyclic) bond motifs is 5. The Labute approximate surface area is 234 Å². The van der Waals surface area contributed by atoms with Gasteiger partial charge in [-0.15, -0.1) is 0 Å². The molecule has 4 N–H and O–H groups in total. The average Bonchev–Trinajstić information content (AvgIpc) is 3.22. The minimum atomic E-state index is -3.57. The second-order valence-electron chi connectivity index (χ2n) is 12.2. The smallest absolute Gasteiger partial charge is 0.411 e. The summed E-state index contributed by atoms with van der Waals surface area (Å²) in [5, 5.41) is 2.82. The molecule has 1 saturated heterocycles. The second-order valence-corrected chi connectivity index (χ2v) is 14.1. The molecule has 3 fully saturated rings. The number of halogens is 1. The van der Waals surface area contributed by atoms with E-state index in [0.717, 1.165) is 6.42 Å². The maximum Gasteiger partial charge on any atom is 0.411 e. The summed E-state index contributed by atoms with van der Waals surface area (Å²) in [6.07, 6.45) is -0.493. The molecular weight excluding hydrogens is 535 g/mol. The number of rotatable bonds is 7. The van der Waals surface area contributed by atoms with E-state index in [1.54, 1.807) is 49.9 Å². The first-order valence-electron chi connectivity index (χ1n) is 13.6. The van der Waals surface area contributed by atoms with Crippen molar-refractivity contribution in [2.45, 2.75) is 69.3 Å². The van der Waals surface area contributed by atoms with Crippen molar-refractivity contribution >= 4 is 22.0 Å². The molecule has 2 aromatic carbocycles. The van der Waals surface area contributed by atoms with Gasteiger partial charge in [-0.2, -0.15) is 0 Å². The van der Waals surface area contributed by atoms with Crippen molar-refractivity contribution < 1.29 is 27.1 Å². The van der Waals surface area contributed by atoms with Gasteiger partial charge in [0.15, 0.2) is 0 Å². The number of nitrogens with zero attached hydrogens (tertiary/aromatic N) is 1. The summed E-state index contributed by atoms with van der Waals surface area (Å²) < 4.78 is 46.9. The average molecular weight is 573 g/mol. The Bertz CT molecular complexity index is 1420. The van der Waals surface area contributed by atoms with E-state index in [4.69, 9.17) is 10.5 Å². The number of carbonyl (C=O) groups is 2. The van der Waals surface area contributed by atoms with Crippen LogP contribution in [0.15, 0.2) is 47.4 Å². The third-order valence-corrected chi connectivity index (χ3v) is 9.92. The molecule has 9 nitrogen and oxygen atoms in total. The van der Waals surface area contributed by atoms with Crippen LogP contribution < -0.4 is 15.8 Å². The molecule has 7 unspecified atom stereocenters. The van der Waals surface area contributed by atoms with Gasteiger partial charge in [-0.1, -0.05) is 31.2 Å². The van der Waals surface area contributed by atoms with Crippen LogP contribution in [-0.4, -0.2) is 56.2 Å². The highest BCUT2D eigenvalue weighted by atomic mass is 32.2. The van der Waals surface area contributed by atoms with E-state index in [-0.39, 0.29) is 29.2 Å². The van der Waals surface area contributed by atoms with Crippen molar-refractivity contribution in [3.8, 4) is 11.1 Å². The molecule has 3 aliphatic rings. The Morgan fingerprint density at radius 1 is 1.12 bits per heavy atom. The summed E-state index contributed by atoms with van der Waals surface area (Å²) in [6.45, 7) is 7.57. The van der Waals surface area contributed by atoms with Crippen molar-refractivity contribution in [1.82, 2.24) is 14.9 Å². The Morgan fingerprint density at radius 2 is 1.77 bits per heavy atom. The summed E-state index contributed by atoms with van der Waals surface area (Å²) in [7, 11) is -2.23. The van der Waals surface area contributed by atoms with E-state index in [1.165, 1.54) is 25.2 Å². The lowest BCUT2D eigenvalue weighted by Crippen LogP contribution is -2.57. The van der Waals surface area contributed by atoms with Crippen LogP contribution in [0.1, 0.15) is 39.7 Å². The topological polar surface area (TPSA) is 131 Å². The minimum absolute atomic E-state index is 0.00998. The largest absolute Gasteiger partial charge is 0.444 e. The standard InChI is InChI=1S/C29H37FN4O5S/c1-15-24-20-14-22(25(15)24)34(28(36)39-29(2,3)4)26(20)27(35)33-23(31)13-18-7-6-17(12-21(18)30)16-8-10-19(11-9-16)40(37,38)32-5/h6-12,15,20,22-26,32H,13-14,31H2,1-5H3,(H,33,35). The van der Waals surface area contributed by atoms with E-state index >= 15 is 4.39 Å². The molecule has 11 heteroatoms. The number of piperidine rings is 1. The molecule has 0 aromatic heterocycles. The SMILES string of the molecule is CNS(=O)(=O)c1ccc(-c2ccc(CC(N)NC(=O)C3C4CC(C5C(C)C45)N3C(=O)OC(C)(C)C)c(F)c2)cc1. The summed E-state index contributed by atoms with van der Waals surface area (Å²) in [5.41, 5.74) is 7.15. The van der Waals surface area contributed by atoms with Crippen LogP contribution in [0.2, 0.25) is 0 Å². The van der Waals surface area contributed by atoms with E-state index in [1.807, 2.05) is 0 Å². The Kier molecular flexibility index (Phi) is 7.21. The number of benzene rings is 2. The molecule has 216 valence electrons. The Morgan fingerprint density at radius 3 is 2.38 bits per heavy atom. The molecule has 2 saturated carbocycles. The van der Waals surface area contributed by atoms with Gasteiger partial charge in [0.25, 0.3) is 0 Å². The molecule has 2 amide bonds. The van der Waals surface area contributed by atoms with Crippen molar-refractivity contribution in [2.24, 2.45) is 29.4 Å².